The summed E-state index contributed by atoms with van der Waals surface area (Å²) in [5.74, 6) is 1.22. The van der Waals surface area contributed by atoms with Gasteiger partial charge in [0.25, 0.3) is 0 Å². The van der Waals surface area contributed by atoms with Gasteiger partial charge < -0.3 is 14.8 Å². The summed E-state index contributed by atoms with van der Waals surface area (Å²) in [4.78, 5) is 5.32. The van der Waals surface area contributed by atoms with E-state index in [4.69, 9.17) is 21.1 Å². The van der Waals surface area contributed by atoms with Gasteiger partial charge in [0.15, 0.2) is 11.6 Å². The molecule has 0 unspecified atom stereocenters. The molecular weight excluding hydrogens is 413 g/mol. The van der Waals surface area contributed by atoms with Crippen molar-refractivity contribution in [3.8, 4) is 17.2 Å². The van der Waals surface area contributed by atoms with Gasteiger partial charge in [-0.15, -0.1) is 0 Å². The van der Waals surface area contributed by atoms with E-state index in [2.05, 4.69) is 15.0 Å². The molecule has 5 nitrogen and oxygen atoms in total. The van der Waals surface area contributed by atoms with Crippen LogP contribution in [0.5, 0.6) is 17.2 Å². The first kappa shape index (κ1) is 19.4. The number of hydrogen-bond acceptors (Lipinski definition) is 4. The van der Waals surface area contributed by atoms with Crippen LogP contribution in [0.4, 0.5) is 10.1 Å². The van der Waals surface area contributed by atoms with Gasteiger partial charge in [-0.1, -0.05) is 35.9 Å². The molecule has 1 aliphatic heterocycles. The minimum atomic E-state index is -0.495. The number of fused-ring (bicyclic) bond motifs is 1. The zero-order valence-electron chi connectivity index (χ0n) is 15.4. The SMILES string of the molecule is COc1cccc(CN=C2NSc3ccc(F)c(Oc4ccccc4Cl)c3N2)c1. The van der Waals surface area contributed by atoms with Gasteiger partial charge in [-0.3, -0.25) is 4.72 Å². The Morgan fingerprint density at radius 3 is 2.79 bits per heavy atom. The third kappa shape index (κ3) is 4.41. The van der Waals surface area contributed by atoms with E-state index in [0.717, 1.165) is 16.2 Å². The van der Waals surface area contributed by atoms with E-state index >= 15 is 0 Å². The number of benzene rings is 3. The molecule has 0 fully saturated rings. The molecule has 4 rings (SSSR count). The van der Waals surface area contributed by atoms with E-state index in [1.165, 1.54) is 18.0 Å². The van der Waals surface area contributed by atoms with Crippen molar-refractivity contribution in [2.45, 2.75) is 11.4 Å². The van der Waals surface area contributed by atoms with Gasteiger partial charge in [-0.2, -0.15) is 0 Å². The van der Waals surface area contributed by atoms with E-state index in [1.807, 2.05) is 24.3 Å². The number of guanidine groups is 1. The largest absolute Gasteiger partial charge is 0.497 e. The van der Waals surface area contributed by atoms with Gasteiger partial charge in [0.2, 0.25) is 5.96 Å². The number of halogens is 2. The van der Waals surface area contributed by atoms with E-state index in [9.17, 15) is 4.39 Å². The highest BCUT2D eigenvalue weighted by Crippen LogP contribution is 2.42. The molecular formula is C21H17ClFN3O2S. The highest BCUT2D eigenvalue weighted by molar-refractivity contribution is 7.98. The third-order valence-electron chi connectivity index (χ3n) is 4.18. The molecule has 0 radical (unpaired) electrons. The normalized spacial score (nSPS) is 14.0. The monoisotopic (exact) mass is 429 g/mol. The average Bonchev–Trinajstić information content (AvgIpc) is 2.75. The van der Waals surface area contributed by atoms with Crippen LogP contribution < -0.4 is 19.5 Å². The number of hydrogen-bond donors (Lipinski definition) is 2. The predicted molar refractivity (Wildman–Crippen MR) is 115 cm³/mol. The summed E-state index contributed by atoms with van der Waals surface area (Å²) >= 11 is 7.49. The van der Waals surface area contributed by atoms with Crippen molar-refractivity contribution in [1.82, 2.24) is 4.72 Å². The Morgan fingerprint density at radius 1 is 1.10 bits per heavy atom. The maximum Gasteiger partial charge on any atom is 0.206 e. The molecule has 3 aromatic rings. The molecule has 0 saturated heterocycles. The van der Waals surface area contributed by atoms with E-state index in [1.54, 1.807) is 37.4 Å². The van der Waals surface area contributed by atoms with Crippen molar-refractivity contribution < 1.29 is 13.9 Å². The lowest BCUT2D eigenvalue weighted by Gasteiger charge is -2.23. The van der Waals surface area contributed by atoms with Gasteiger partial charge in [0.1, 0.15) is 17.2 Å². The van der Waals surface area contributed by atoms with Crippen LogP contribution in [0.15, 0.2) is 70.6 Å². The molecule has 29 heavy (non-hydrogen) atoms. The smallest absolute Gasteiger partial charge is 0.206 e. The van der Waals surface area contributed by atoms with Crippen molar-refractivity contribution in [1.29, 1.82) is 0 Å². The molecule has 0 saturated carbocycles. The second-order valence-electron chi connectivity index (χ2n) is 6.13. The molecule has 0 atom stereocenters. The quantitative estimate of drug-likeness (QED) is 0.497. The molecule has 1 aliphatic rings. The lowest BCUT2D eigenvalue weighted by Crippen LogP contribution is -2.29. The standard InChI is InChI=1S/C21H17ClFN3O2S/c1-27-14-6-4-5-13(11-14)12-24-21-25-19-18(29-26-21)10-9-16(23)20(19)28-17-8-3-2-7-15(17)22/h2-11H,12H2,1H3,(H2,24,25,26). The van der Waals surface area contributed by atoms with Crippen LogP contribution >= 0.6 is 23.5 Å². The number of anilines is 1. The number of aliphatic imine (C=N–C) groups is 1. The molecule has 8 heteroatoms. The summed E-state index contributed by atoms with van der Waals surface area (Å²) < 4.78 is 28.7. The zero-order chi connectivity index (χ0) is 20.2. The lowest BCUT2D eigenvalue weighted by molar-refractivity contribution is 0.414. The maximum atomic E-state index is 14.6. The van der Waals surface area contributed by atoms with Crippen molar-refractivity contribution in [3.05, 3.63) is 77.1 Å². The molecule has 3 aromatic carbocycles. The van der Waals surface area contributed by atoms with Crippen LogP contribution in [0, 0.1) is 5.82 Å². The highest BCUT2D eigenvalue weighted by atomic mass is 35.5. The molecule has 0 amide bonds. The van der Waals surface area contributed by atoms with Gasteiger partial charge in [0, 0.05) is 0 Å². The number of ether oxygens (including phenoxy) is 2. The molecule has 0 aromatic heterocycles. The van der Waals surface area contributed by atoms with Crippen molar-refractivity contribution in [3.63, 3.8) is 0 Å². The molecule has 1 heterocycles. The predicted octanol–water partition coefficient (Wildman–Crippen LogP) is 5.86. The van der Waals surface area contributed by atoms with E-state index in [-0.39, 0.29) is 5.75 Å². The van der Waals surface area contributed by atoms with Crippen molar-refractivity contribution in [2.75, 3.05) is 12.4 Å². The van der Waals surface area contributed by atoms with Crippen molar-refractivity contribution in [2.24, 2.45) is 4.99 Å². The summed E-state index contributed by atoms with van der Waals surface area (Å²) in [7, 11) is 1.62. The first-order chi connectivity index (χ1) is 14.1. The molecule has 0 bridgehead atoms. The zero-order valence-corrected chi connectivity index (χ0v) is 17.0. The number of para-hydroxylation sites is 1. The van der Waals surface area contributed by atoms with Gasteiger partial charge in [0.05, 0.1) is 23.6 Å². The minimum absolute atomic E-state index is 0.0682. The van der Waals surface area contributed by atoms with Crippen LogP contribution in [-0.2, 0) is 6.54 Å². The number of nitrogens with one attached hydrogen (secondary N) is 2. The summed E-state index contributed by atoms with van der Waals surface area (Å²) in [6.07, 6.45) is 0. The Labute approximate surface area is 177 Å². The fraction of sp³-hybridized carbons (Fsp3) is 0.0952. The topological polar surface area (TPSA) is 54.9 Å². The first-order valence-corrected chi connectivity index (χ1v) is 9.95. The van der Waals surface area contributed by atoms with Crippen LogP contribution in [-0.4, -0.2) is 13.1 Å². The number of rotatable bonds is 5. The Bertz CT molecular complexity index is 1080. The average molecular weight is 430 g/mol. The summed E-state index contributed by atoms with van der Waals surface area (Å²) in [6.45, 7) is 0.429. The molecule has 0 aliphatic carbocycles. The second-order valence-corrected chi connectivity index (χ2v) is 7.38. The van der Waals surface area contributed by atoms with Crippen LogP contribution in [0.3, 0.4) is 0 Å². The summed E-state index contributed by atoms with van der Waals surface area (Å²) in [5.41, 5.74) is 1.49. The number of nitrogens with zero attached hydrogens (tertiary/aromatic N) is 1. The first-order valence-electron chi connectivity index (χ1n) is 8.76. The van der Waals surface area contributed by atoms with Gasteiger partial charge >= 0.3 is 0 Å². The van der Waals surface area contributed by atoms with Crippen LogP contribution in [0.1, 0.15) is 5.56 Å². The third-order valence-corrected chi connectivity index (χ3v) is 5.34. The maximum absolute atomic E-state index is 14.6. The summed E-state index contributed by atoms with van der Waals surface area (Å²) in [6, 6.07) is 17.6. The minimum Gasteiger partial charge on any atom is -0.497 e. The van der Waals surface area contributed by atoms with Crippen LogP contribution in [0.25, 0.3) is 0 Å². The molecule has 148 valence electrons. The molecule has 0 spiro atoms. The van der Waals surface area contributed by atoms with E-state index < -0.39 is 5.82 Å². The van der Waals surface area contributed by atoms with E-state index in [0.29, 0.717) is 29.0 Å². The van der Waals surface area contributed by atoms with Gasteiger partial charge in [-0.25, -0.2) is 9.38 Å². The fourth-order valence-corrected chi connectivity index (χ4v) is 3.62. The molecule has 2 N–H and O–H groups in total. The Morgan fingerprint density at radius 2 is 1.97 bits per heavy atom. The Kier molecular flexibility index (Phi) is 5.78. The fourth-order valence-electron chi connectivity index (χ4n) is 2.74. The summed E-state index contributed by atoms with van der Waals surface area (Å²) in [5, 5.41) is 3.52. The Hall–Kier alpha value is -2.90. The van der Waals surface area contributed by atoms with Gasteiger partial charge in [-0.05, 0) is 53.9 Å². The van der Waals surface area contributed by atoms with Crippen molar-refractivity contribution >= 4 is 35.2 Å². The highest BCUT2D eigenvalue weighted by Gasteiger charge is 2.22. The van der Waals surface area contributed by atoms with Crippen LogP contribution in [0.2, 0.25) is 5.02 Å². The number of methoxy groups -OCH3 is 1. The lowest BCUT2D eigenvalue weighted by atomic mass is 10.2. The Balaban J connectivity index is 1.59. The second kappa shape index (κ2) is 8.63.